The number of aromatic hydroxyl groups is 1. The molecule has 0 aliphatic rings. The molecule has 0 amide bonds. The number of hydrogen-bond acceptors (Lipinski definition) is 24. The van der Waals surface area contributed by atoms with Gasteiger partial charge in [0, 0.05) is 34.6 Å². The van der Waals surface area contributed by atoms with Gasteiger partial charge in [-0.15, -0.1) is 15.3 Å². The van der Waals surface area contributed by atoms with Gasteiger partial charge >= 0.3 is 10.4 Å². The van der Waals surface area contributed by atoms with Crippen LogP contribution in [0.3, 0.4) is 0 Å². The van der Waals surface area contributed by atoms with Gasteiger partial charge in [0.05, 0.1) is 30.0 Å². The highest BCUT2D eigenvalue weighted by molar-refractivity contribution is 8.19. The Morgan fingerprint density at radius 2 is 1.48 bits per heavy atom. The van der Waals surface area contributed by atoms with Crippen LogP contribution in [0.25, 0.3) is 21.5 Å². The monoisotopic (exact) mass is 1100 g/mol. The highest BCUT2D eigenvalue weighted by atomic mass is 35.5. The lowest BCUT2D eigenvalue weighted by atomic mass is 10.1. The average Bonchev–Trinajstić information content (AvgIpc) is 3.31. The van der Waals surface area contributed by atoms with Crippen LogP contribution < -0.4 is 20.9 Å². The lowest BCUT2D eigenvalue weighted by molar-refractivity contribution is 0.265. The molecular weight excluding hydrogens is 1070 g/mol. The van der Waals surface area contributed by atoms with Gasteiger partial charge < -0.3 is 38.6 Å². The van der Waals surface area contributed by atoms with Gasteiger partial charge in [-0.3, -0.25) is 13.7 Å². The second-order valence-electron chi connectivity index (χ2n) is 15.0. The fourth-order valence-electron chi connectivity index (χ4n) is 6.95. The molecule has 0 saturated heterocycles. The molecule has 27 nitrogen and oxygen atoms in total. The quantitative estimate of drug-likeness (QED) is 0.00909. The maximum atomic E-state index is 12.3. The zero-order valence-corrected chi connectivity index (χ0v) is 41.3. The van der Waals surface area contributed by atoms with Gasteiger partial charge in [0.15, 0.2) is 5.75 Å². The fourth-order valence-corrected chi connectivity index (χ4v) is 9.54. The maximum Gasteiger partial charge on any atom is 0.397 e. The van der Waals surface area contributed by atoms with Crippen molar-refractivity contribution in [1.82, 2.24) is 15.0 Å². The number of nitrogens with one attached hydrogen (secondary N) is 1. The van der Waals surface area contributed by atoms with Crippen molar-refractivity contribution in [1.29, 1.82) is 0 Å². The second kappa shape index (κ2) is 21.5. The molecule has 0 spiro atoms. The summed E-state index contributed by atoms with van der Waals surface area (Å²) in [5.41, 5.74) is 0.718. The first kappa shape index (κ1) is 53.7. The summed E-state index contributed by atoms with van der Waals surface area (Å²) >= 11 is 6.35. The first-order valence-corrected chi connectivity index (χ1v) is 26.3. The molecular formula is C41H38ClN11O16S4. The van der Waals surface area contributed by atoms with Crippen molar-refractivity contribution in [2.45, 2.75) is 27.5 Å². The van der Waals surface area contributed by atoms with Gasteiger partial charge in [-0.05, 0) is 108 Å². The van der Waals surface area contributed by atoms with E-state index in [0.717, 1.165) is 24.6 Å². The van der Waals surface area contributed by atoms with Crippen LogP contribution in [0.2, 0.25) is 5.28 Å². The highest BCUT2D eigenvalue weighted by Crippen LogP contribution is 2.54. The van der Waals surface area contributed by atoms with Gasteiger partial charge in [-0.1, -0.05) is 18.2 Å². The van der Waals surface area contributed by atoms with E-state index in [1.165, 1.54) is 66.6 Å². The number of aliphatic imine (C=N–C) groups is 1. The smallest absolute Gasteiger partial charge is 0.397 e. The van der Waals surface area contributed by atoms with Gasteiger partial charge in [0.25, 0.3) is 20.2 Å². The first-order chi connectivity index (χ1) is 34.3. The van der Waals surface area contributed by atoms with Crippen LogP contribution in [0, 0.1) is 0 Å². The molecule has 7 aromatic rings. The van der Waals surface area contributed by atoms with Crippen LogP contribution in [0.5, 0.6) is 11.5 Å². The molecule has 0 fully saturated rings. The maximum absolute atomic E-state index is 12.3. The standard InChI is InChI=1S/C41H38ClN11O16S4/c1-53(26-10-11-27-23(16-26)17-36(72(61,62)63)37(38(27)54)52-51-32-15-22(8-13-33(32)67-2)5-4-14-69-73(64,65)66)41-47-39(42)46-40(48-41)45-24-9-12-30(31(19-24)44-21-68-43)50-49-25-18-29-28(35(20-25)71(58,59)60)6-3-7-34(29)70(55,56)57/h3,6-13,15-21,54,61-63H,4-5,14,43H2,1-2H3,(H,55,56,57)(H,58,59,60)(H,64,65,66)(H,45,46,47,48). The second-order valence-corrected chi connectivity index (χ2v) is 20.7. The number of methoxy groups -OCH3 is 1. The number of halogens is 1. The third kappa shape index (κ3) is 13.1. The molecule has 6 aromatic carbocycles. The van der Waals surface area contributed by atoms with Crippen LogP contribution in [-0.4, -0.2) is 99.8 Å². The molecule has 0 atom stereocenters. The molecule has 0 bridgehead atoms. The summed E-state index contributed by atoms with van der Waals surface area (Å²) in [5.74, 6) is 4.69. The summed E-state index contributed by atoms with van der Waals surface area (Å²) in [6.07, 6.45) is 1.32. The largest absolute Gasteiger partial charge is 0.505 e. The number of aryl methyl sites for hydroxylation is 1. The molecule has 10 N–H and O–H groups in total. The van der Waals surface area contributed by atoms with Crippen molar-refractivity contribution in [3.63, 3.8) is 0 Å². The molecule has 0 saturated carbocycles. The van der Waals surface area contributed by atoms with Crippen molar-refractivity contribution in [2.75, 3.05) is 31.0 Å². The van der Waals surface area contributed by atoms with E-state index >= 15 is 0 Å². The molecule has 0 aliphatic heterocycles. The predicted molar refractivity (Wildman–Crippen MR) is 266 cm³/mol. The van der Waals surface area contributed by atoms with Crippen LogP contribution in [0.1, 0.15) is 12.0 Å². The minimum atomic E-state index is -4.94. The number of rotatable bonds is 19. The normalized spacial score (nSPS) is 12.9. The number of fused-ring (bicyclic) bond motifs is 2. The van der Waals surface area contributed by atoms with Crippen molar-refractivity contribution in [2.24, 2.45) is 31.3 Å². The number of nitrogens with zero attached hydrogens (tertiary/aromatic N) is 9. The summed E-state index contributed by atoms with van der Waals surface area (Å²) in [4.78, 5) is 20.9. The van der Waals surface area contributed by atoms with Crippen molar-refractivity contribution >= 4 is 133 Å². The van der Waals surface area contributed by atoms with Crippen LogP contribution >= 0.6 is 22.5 Å². The Kier molecular flexibility index (Phi) is 15.8. The van der Waals surface area contributed by atoms with E-state index in [0.29, 0.717) is 11.3 Å². The van der Waals surface area contributed by atoms with Gasteiger partial charge in [0.2, 0.25) is 23.6 Å². The summed E-state index contributed by atoms with van der Waals surface area (Å²) in [6, 6.07) is 20.3. The van der Waals surface area contributed by atoms with E-state index in [9.17, 15) is 53.1 Å². The average molecular weight is 1100 g/mol. The van der Waals surface area contributed by atoms with Crippen LogP contribution in [0.4, 0.5) is 51.7 Å². The number of phenolic OH excluding ortho intramolecular Hbond substituents is 1. The first-order valence-electron chi connectivity index (χ1n) is 20.2. The number of ether oxygens (including phenoxy) is 1. The SMILES string of the molecule is COc1ccc(CCCOS(=O)(=O)O)cc1N=Nc1c(S(O)(O)O)cc2cc(N(C)c3nc(Cl)nc(Nc4ccc(N=Nc5cc(S(=O)(=O)O)c6cccc(S(=O)(=O)O)c6c5)c(N=CON)c4)n3)ccc2c1O. The fraction of sp³-hybridized carbons (Fsp3) is 0.122. The third-order valence-corrected chi connectivity index (χ3v) is 13.5. The summed E-state index contributed by atoms with van der Waals surface area (Å²) < 4.78 is 140. The molecule has 7 rings (SSSR count). The number of benzene rings is 6. The van der Waals surface area contributed by atoms with Gasteiger partial charge in [-0.25, -0.2) is 9.18 Å². The Morgan fingerprint density at radius 1 is 0.740 bits per heavy atom. The van der Waals surface area contributed by atoms with Gasteiger partial charge in [-0.2, -0.15) is 51.2 Å². The van der Waals surface area contributed by atoms with E-state index in [1.807, 2.05) is 0 Å². The zero-order valence-electron chi connectivity index (χ0n) is 37.3. The Hall–Kier alpha value is -7.11. The molecule has 0 radical (unpaired) electrons. The van der Waals surface area contributed by atoms with Gasteiger partial charge in [0.1, 0.15) is 43.5 Å². The molecule has 32 heteroatoms. The number of phenols is 1. The van der Waals surface area contributed by atoms with Crippen LogP contribution in [0.15, 0.2) is 131 Å². The van der Waals surface area contributed by atoms with Crippen molar-refractivity contribution < 1.29 is 71.4 Å². The zero-order chi connectivity index (χ0) is 53.0. The highest BCUT2D eigenvalue weighted by Gasteiger charge is 2.27. The number of nitrogens with two attached hydrogens (primary N) is 1. The Morgan fingerprint density at radius 3 is 2.16 bits per heavy atom. The van der Waals surface area contributed by atoms with Crippen molar-refractivity contribution in [3.8, 4) is 11.5 Å². The summed E-state index contributed by atoms with van der Waals surface area (Å²) in [6.45, 7) is -0.303. The topological polar surface area (TPSA) is 413 Å². The summed E-state index contributed by atoms with van der Waals surface area (Å²) in [7, 11) is -16.1. The number of azo groups is 2. The van der Waals surface area contributed by atoms with E-state index in [1.54, 1.807) is 25.2 Å². The third-order valence-electron chi connectivity index (χ3n) is 10.2. The predicted octanol–water partition coefficient (Wildman–Crippen LogP) is 9.27. The molecule has 1 heterocycles. The Bertz CT molecular complexity index is 3740. The Balaban J connectivity index is 1.16. The van der Waals surface area contributed by atoms with E-state index in [4.69, 9.17) is 26.8 Å². The molecule has 0 aliphatic carbocycles. The van der Waals surface area contributed by atoms with Crippen LogP contribution in [-0.2, 0) is 46.1 Å². The lowest BCUT2D eigenvalue weighted by Gasteiger charge is -2.23. The molecule has 384 valence electrons. The number of hydrogen-bond donors (Lipinski definition) is 9. The summed E-state index contributed by atoms with van der Waals surface area (Å²) in [5, 5.41) is 30.3. The van der Waals surface area contributed by atoms with E-state index < -0.39 is 67.6 Å². The van der Waals surface area contributed by atoms with Crippen molar-refractivity contribution in [3.05, 3.63) is 102 Å². The number of anilines is 4. The Labute approximate surface area is 420 Å². The molecule has 73 heavy (non-hydrogen) atoms. The molecule has 1 aromatic heterocycles. The lowest BCUT2D eigenvalue weighted by Crippen LogP contribution is -2.15. The molecule has 0 unspecified atom stereocenters. The van der Waals surface area contributed by atoms with E-state index in [-0.39, 0.29) is 92.4 Å². The minimum Gasteiger partial charge on any atom is -0.505 e. The number of aromatic nitrogens is 3. The minimum absolute atomic E-state index is 0.0257. The van der Waals surface area contributed by atoms with E-state index in [2.05, 4.69) is 54.7 Å².